The first-order chi connectivity index (χ1) is 21.9. The molecule has 0 saturated carbocycles. The summed E-state index contributed by atoms with van der Waals surface area (Å²) < 4.78 is 5.14. The third-order valence-corrected chi connectivity index (χ3v) is 11.3. The Morgan fingerprint density at radius 2 is 1.55 bits per heavy atom. The Bertz CT molecular complexity index is 1820. The second-order valence-corrected chi connectivity index (χ2v) is 17.1. The summed E-state index contributed by atoms with van der Waals surface area (Å²) in [6.07, 6.45) is 8.55. The average molecular weight is 882 g/mol. The molecule has 0 amide bonds. The Kier molecular flexibility index (Phi) is 10.2. The lowest BCUT2D eigenvalue weighted by atomic mass is 9.81. The minimum Gasteiger partial charge on any atom is -0.481 e. The molecule has 2 aromatic rings. The highest BCUT2D eigenvalue weighted by atomic mass is 127. The van der Waals surface area contributed by atoms with E-state index in [9.17, 15) is 19.8 Å². The van der Waals surface area contributed by atoms with Crippen LogP contribution in [0.3, 0.4) is 0 Å². The zero-order chi connectivity index (χ0) is 34.5. The van der Waals surface area contributed by atoms with Crippen molar-refractivity contribution in [3.8, 4) is 0 Å². The first kappa shape index (κ1) is 35.8. The predicted molar refractivity (Wildman–Crippen MR) is 206 cm³/mol. The van der Waals surface area contributed by atoms with Crippen LogP contribution in [0.2, 0.25) is 0 Å². The molecule has 0 fully saturated rings. The van der Waals surface area contributed by atoms with Crippen molar-refractivity contribution in [3.05, 3.63) is 101 Å². The zero-order valence-corrected chi connectivity index (χ0v) is 32.8. The first-order valence-corrected chi connectivity index (χ1v) is 18.2. The molecule has 0 radical (unpaired) electrons. The molecule has 3 aliphatic rings. The van der Waals surface area contributed by atoms with Crippen molar-refractivity contribution in [2.24, 2.45) is 0 Å². The molecule has 0 bridgehead atoms. The number of carbonyl (C=O) groups is 2. The lowest BCUT2D eigenvalue weighted by Crippen LogP contribution is -2.45. The SMILES string of the molecule is CC1(C)C(/C=C/C2=C(Cl)C(=C/C=C3/N(CCC(=O)O)c4ccc(I)cc4C3(C)C)/C[N+](C)(C)C2)=[N+](CCC(=O)O)c2ccc(I)cc21. The van der Waals surface area contributed by atoms with E-state index in [1.165, 1.54) is 11.1 Å². The van der Waals surface area contributed by atoms with E-state index in [0.717, 1.165) is 63.7 Å². The van der Waals surface area contributed by atoms with E-state index in [1.54, 1.807) is 0 Å². The van der Waals surface area contributed by atoms with Gasteiger partial charge < -0.3 is 19.6 Å². The topological polar surface area (TPSA) is 80.9 Å². The standard InChI is InChI=1S/C37H40ClI2N3O4/c1-36(2)27-19-25(39)9-11-29(27)41(17-15-33(44)45)31(36)13-7-23-21-43(5,6)22-24(35(23)38)8-14-32-37(3,4)28-20-26(40)10-12-30(28)42(32)18-16-34(46)47/h7-14,19-20H,15-18,21-22H2,1-6H3/p+2. The van der Waals surface area contributed by atoms with Crippen LogP contribution in [-0.4, -0.2) is 77.2 Å². The van der Waals surface area contributed by atoms with Crippen LogP contribution in [0.1, 0.15) is 51.7 Å². The monoisotopic (exact) mass is 881 g/mol. The summed E-state index contributed by atoms with van der Waals surface area (Å²) in [4.78, 5) is 25.3. The number of anilines is 1. The number of carboxylic acids is 2. The number of aliphatic carboxylic acids is 2. The number of quaternary nitrogens is 1. The van der Waals surface area contributed by atoms with Gasteiger partial charge >= 0.3 is 11.9 Å². The minimum absolute atomic E-state index is 0.0383. The zero-order valence-electron chi connectivity index (χ0n) is 27.7. The Morgan fingerprint density at radius 1 is 0.915 bits per heavy atom. The van der Waals surface area contributed by atoms with Gasteiger partial charge in [0.25, 0.3) is 0 Å². The first-order valence-electron chi connectivity index (χ1n) is 15.7. The van der Waals surface area contributed by atoms with Crippen molar-refractivity contribution in [1.29, 1.82) is 0 Å². The largest absolute Gasteiger partial charge is 0.481 e. The number of carboxylic acid groups (broad SMARTS) is 2. The fraction of sp³-hybridized carbons (Fsp3) is 0.378. The Hall–Kier alpha value is -2.48. The lowest BCUT2D eigenvalue weighted by molar-refractivity contribution is -0.881. The molecular weight excluding hydrogens is 840 g/mol. The summed E-state index contributed by atoms with van der Waals surface area (Å²) in [6, 6.07) is 12.7. The molecule has 0 spiro atoms. The van der Waals surface area contributed by atoms with Crippen molar-refractivity contribution in [1.82, 2.24) is 0 Å². The molecule has 0 aromatic heterocycles. The van der Waals surface area contributed by atoms with E-state index in [0.29, 0.717) is 13.1 Å². The van der Waals surface area contributed by atoms with E-state index >= 15 is 0 Å². The molecule has 47 heavy (non-hydrogen) atoms. The third-order valence-electron chi connectivity index (χ3n) is 9.45. The number of rotatable bonds is 9. The Morgan fingerprint density at radius 3 is 2.21 bits per heavy atom. The molecule has 2 N–H and O–H groups in total. The summed E-state index contributed by atoms with van der Waals surface area (Å²) >= 11 is 11.9. The van der Waals surface area contributed by atoms with Crippen LogP contribution in [0.5, 0.6) is 0 Å². The number of allylic oxidation sites excluding steroid dienone is 4. The van der Waals surface area contributed by atoms with Crippen LogP contribution >= 0.6 is 56.8 Å². The Balaban J connectivity index is 1.56. The van der Waals surface area contributed by atoms with Crippen LogP contribution in [0, 0.1) is 7.14 Å². The number of nitrogens with zero attached hydrogens (tertiary/aromatic N) is 3. The van der Waals surface area contributed by atoms with Gasteiger partial charge in [0.05, 0.1) is 31.0 Å². The minimum atomic E-state index is -0.823. The number of halogens is 3. The molecule has 2 aromatic carbocycles. The van der Waals surface area contributed by atoms with E-state index in [2.05, 4.69) is 157 Å². The highest BCUT2D eigenvalue weighted by Gasteiger charge is 2.45. The Labute approximate surface area is 309 Å². The van der Waals surface area contributed by atoms with Crippen LogP contribution in [0.25, 0.3) is 0 Å². The molecule has 3 aliphatic heterocycles. The molecule has 0 unspecified atom stereocenters. The van der Waals surface area contributed by atoms with Crippen LogP contribution in [0.4, 0.5) is 11.4 Å². The number of hydrogen-bond donors (Lipinski definition) is 2. The maximum atomic E-state index is 11.6. The highest BCUT2D eigenvalue weighted by molar-refractivity contribution is 14.1. The van der Waals surface area contributed by atoms with Gasteiger partial charge in [-0.25, -0.2) is 0 Å². The van der Waals surface area contributed by atoms with E-state index in [-0.39, 0.29) is 23.7 Å². The molecular formula is C37H42ClI2N3O4+2. The van der Waals surface area contributed by atoms with Crippen molar-refractivity contribution in [2.45, 2.75) is 51.4 Å². The normalized spacial score (nSPS) is 21.3. The molecule has 0 saturated heterocycles. The molecule has 3 heterocycles. The second-order valence-electron chi connectivity index (χ2n) is 14.2. The van der Waals surface area contributed by atoms with Gasteiger partial charge in [-0.05, 0) is 107 Å². The summed E-state index contributed by atoms with van der Waals surface area (Å²) in [5.41, 5.74) is 7.96. The van der Waals surface area contributed by atoms with Crippen molar-refractivity contribution in [3.63, 3.8) is 0 Å². The van der Waals surface area contributed by atoms with Gasteiger partial charge in [0, 0.05) is 59.3 Å². The number of fused-ring (bicyclic) bond motifs is 2. The van der Waals surface area contributed by atoms with E-state index in [4.69, 9.17) is 11.6 Å². The number of hydrogen-bond acceptors (Lipinski definition) is 3. The summed E-state index contributed by atoms with van der Waals surface area (Å²) in [5.74, 6) is -1.65. The summed E-state index contributed by atoms with van der Waals surface area (Å²) in [5, 5.41) is 19.7. The van der Waals surface area contributed by atoms with E-state index < -0.39 is 11.9 Å². The molecule has 10 heteroatoms. The van der Waals surface area contributed by atoms with Crippen molar-refractivity contribution >= 4 is 85.8 Å². The highest BCUT2D eigenvalue weighted by Crippen LogP contribution is 2.48. The summed E-state index contributed by atoms with van der Waals surface area (Å²) in [7, 11) is 4.39. The van der Waals surface area contributed by atoms with Gasteiger partial charge in [0.2, 0.25) is 5.69 Å². The van der Waals surface area contributed by atoms with Crippen LogP contribution in [-0.2, 0) is 20.4 Å². The quantitative estimate of drug-likeness (QED) is 0.152. The van der Waals surface area contributed by atoms with Gasteiger partial charge in [-0.1, -0.05) is 31.5 Å². The molecule has 5 rings (SSSR count). The lowest BCUT2D eigenvalue weighted by Gasteiger charge is -2.35. The molecule has 7 nitrogen and oxygen atoms in total. The fourth-order valence-corrected chi connectivity index (χ4v) is 8.35. The average Bonchev–Trinajstić information content (AvgIpc) is 3.31. The number of benzene rings is 2. The fourth-order valence-electron chi connectivity index (χ4n) is 7.13. The molecule has 0 aliphatic carbocycles. The smallest absolute Gasteiger partial charge is 0.309 e. The molecule has 248 valence electrons. The second kappa shape index (κ2) is 13.4. The van der Waals surface area contributed by atoms with Gasteiger partial charge in [0.15, 0.2) is 12.3 Å². The molecule has 0 atom stereocenters. The van der Waals surface area contributed by atoms with Crippen molar-refractivity contribution < 1.29 is 28.9 Å². The van der Waals surface area contributed by atoms with Crippen LogP contribution < -0.4 is 4.90 Å². The van der Waals surface area contributed by atoms with Crippen LogP contribution in [0.15, 0.2) is 82.6 Å². The summed E-state index contributed by atoms with van der Waals surface area (Å²) in [6.45, 7) is 11.0. The maximum Gasteiger partial charge on any atom is 0.309 e. The number of likely N-dealkylation sites (N-methyl/N-ethyl adjacent to an activating group) is 1. The van der Waals surface area contributed by atoms with Gasteiger partial charge in [0.1, 0.15) is 19.5 Å². The van der Waals surface area contributed by atoms with E-state index in [1.807, 2.05) is 0 Å². The van der Waals surface area contributed by atoms with Crippen molar-refractivity contribution in [2.75, 3.05) is 45.2 Å². The predicted octanol–water partition coefficient (Wildman–Crippen LogP) is 7.97. The maximum absolute atomic E-state index is 11.6. The van der Waals surface area contributed by atoms with Gasteiger partial charge in [-0.3, -0.25) is 9.59 Å². The van der Waals surface area contributed by atoms with Gasteiger partial charge in [-0.2, -0.15) is 4.58 Å². The third kappa shape index (κ3) is 7.28. The van der Waals surface area contributed by atoms with Gasteiger partial charge in [-0.15, -0.1) is 0 Å².